The maximum Gasteiger partial charge on any atom is 0.260 e. The maximum absolute atomic E-state index is 13.6. The molecular formula is C23H25ClN6O4. The number of amides is 1. The molecule has 11 heteroatoms. The van der Waals surface area contributed by atoms with Crippen molar-refractivity contribution >= 4 is 34.5 Å². The van der Waals surface area contributed by atoms with Crippen LogP contribution in [0.5, 0.6) is 11.5 Å². The molecular weight excluding hydrogens is 460 g/mol. The fraction of sp³-hybridized carbons (Fsp3) is 0.304. The molecule has 0 aliphatic carbocycles. The van der Waals surface area contributed by atoms with Crippen LogP contribution in [0.2, 0.25) is 5.02 Å². The van der Waals surface area contributed by atoms with E-state index in [9.17, 15) is 9.59 Å². The number of ether oxygens (including phenoxy) is 2. The average Bonchev–Trinajstić information content (AvgIpc) is 2.81. The smallest absolute Gasteiger partial charge is 0.260 e. The van der Waals surface area contributed by atoms with E-state index in [-0.39, 0.29) is 23.5 Å². The lowest BCUT2D eigenvalue weighted by Gasteiger charge is -2.39. The van der Waals surface area contributed by atoms with Gasteiger partial charge in [-0.2, -0.15) is 4.98 Å². The zero-order chi connectivity index (χ0) is 24.4. The van der Waals surface area contributed by atoms with E-state index in [1.807, 2.05) is 0 Å². The van der Waals surface area contributed by atoms with Gasteiger partial charge in [0, 0.05) is 61.0 Å². The SMILES string of the molecule is C=CC(=O)N1CC(NCCn2c(=O)c(-c3cc(OC)cc(OC)c3Cl)cc3cnc(N)nc32)C1. The lowest BCUT2D eigenvalue weighted by atomic mass is 10.0. The molecule has 3 heterocycles. The first-order valence-corrected chi connectivity index (χ1v) is 11.0. The third-order valence-electron chi connectivity index (χ3n) is 5.74. The Hall–Kier alpha value is -3.63. The van der Waals surface area contributed by atoms with Crippen molar-refractivity contribution in [2.24, 2.45) is 0 Å². The predicted octanol–water partition coefficient (Wildman–Crippen LogP) is 1.70. The maximum atomic E-state index is 13.6. The number of nitrogens with zero attached hydrogens (tertiary/aromatic N) is 4. The second-order valence-electron chi connectivity index (χ2n) is 7.81. The number of nitrogens with one attached hydrogen (secondary N) is 1. The first-order valence-electron chi connectivity index (χ1n) is 10.6. The van der Waals surface area contributed by atoms with Crippen LogP contribution in [-0.2, 0) is 11.3 Å². The van der Waals surface area contributed by atoms with Crippen LogP contribution in [0.15, 0.2) is 41.8 Å². The Morgan fingerprint density at radius 3 is 2.74 bits per heavy atom. The van der Waals surface area contributed by atoms with Crippen molar-refractivity contribution in [3.8, 4) is 22.6 Å². The lowest BCUT2D eigenvalue weighted by molar-refractivity contribution is -0.130. The first kappa shape index (κ1) is 23.5. The highest BCUT2D eigenvalue weighted by molar-refractivity contribution is 6.35. The number of carbonyl (C=O) groups is 1. The largest absolute Gasteiger partial charge is 0.497 e. The van der Waals surface area contributed by atoms with Crippen LogP contribution in [0, 0.1) is 0 Å². The molecule has 4 rings (SSSR count). The van der Waals surface area contributed by atoms with E-state index in [2.05, 4.69) is 21.9 Å². The number of carbonyl (C=O) groups excluding carboxylic acids is 1. The number of aromatic nitrogens is 3. The number of halogens is 1. The van der Waals surface area contributed by atoms with Gasteiger partial charge < -0.3 is 25.4 Å². The molecule has 1 saturated heterocycles. The van der Waals surface area contributed by atoms with E-state index in [1.54, 1.807) is 33.9 Å². The summed E-state index contributed by atoms with van der Waals surface area (Å²) in [6, 6.07) is 5.17. The van der Waals surface area contributed by atoms with Crippen LogP contribution < -0.4 is 26.1 Å². The number of fused-ring (bicyclic) bond motifs is 1. The molecule has 1 aliphatic rings. The van der Waals surface area contributed by atoms with E-state index >= 15 is 0 Å². The molecule has 178 valence electrons. The number of hydrogen-bond donors (Lipinski definition) is 2. The molecule has 0 bridgehead atoms. The van der Waals surface area contributed by atoms with E-state index in [4.69, 9.17) is 26.8 Å². The Morgan fingerprint density at radius 1 is 1.29 bits per heavy atom. The van der Waals surface area contributed by atoms with Crippen molar-refractivity contribution in [3.05, 3.63) is 52.4 Å². The van der Waals surface area contributed by atoms with Gasteiger partial charge in [-0.05, 0) is 18.2 Å². The molecule has 2 aromatic heterocycles. The molecule has 34 heavy (non-hydrogen) atoms. The molecule has 1 aromatic carbocycles. The van der Waals surface area contributed by atoms with E-state index in [0.29, 0.717) is 64.9 Å². The molecule has 3 aromatic rings. The fourth-order valence-electron chi connectivity index (χ4n) is 3.90. The van der Waals surface area contributed by atoms with Gasteiger partial charge in [-0.1, -0.05) is 18.2 Å². The molecule has 1 fully saturated rings. The summed E-state index contributed by atoms with van der Waals surface area (Å²) in [5.41, 5.74) is 6.76. The molecule has 1 aliphatic heterocycles. The van der Waals surface area contributed by atoms with Crippen LogP contribution in [0.1, 0.15) is 0 Å². The highest BCUT2D eigenvalue weighted by Gasteiger charge is 2.28. The van der Waals surface area contributed by atoms with Gasteiger partial charge in [-0.15, -0.1) is 0 Å². The molecule has 3 N–H and O–H groups in total. The number of pyridine rings is 1. The highest BCUT2D eigenvalue weighted by Crippen LogP contribution is 2.38. The number of methoxy groups -OCH3 is 2. The second kappa shape index (κ2) is 9.70. The number of hydrogen-bond acceptors (Lipinski definition) is 8. The summed E-state index contributed by atoms with van der Waals surface area (Å²) < 4.78 is 12.3. The van der Waals surface area contributed by atoms with Crippen molar-refractivity contribution in [2.45, 2.75) is 12.6 Å². The van der Waals surface area contributed by atoms with Crippen LogP contribution in [-0.4, -0.2) is 65.2 Å². The van der Waals surface area contributed by atoms with Crippen LogP contribution >= 0.6 is 11.6 Å². The Kier molecular flexibility index (Phi) is 6.71. The molecule has 0 spiro atoms. The first-order chi connectivity index (χ1) is 16.4. The number of anilines is 1. The molecule has 0 saturated carbocycles. The summed E-state index contributed by atoms with van der Waals surface area (Å²) in [5.74, 6) is 0.868. The number of rotatable bonds is 8. The minimum absolute atomic E-state index is 0.0695. The molecule has 0 unspecified atom stereocenters. The molecule has 0 radical (unpaired) electrons. The lowest BCUT2D eigenvalue weighted by Crippen LogP contribution is -2.59. The van der Waals surface area contributed by atoms with Gasteiger partial charge in [0.1, 0.15) is 17.1 Å². The number of nitrogens with two attached hydrogens (primary N) is 1. The Balaban J connectivity index is 1.69. The monoisotopic (exact) mass is 484 g/mol. The van der Waals surface area contributed by atoms with Gasteiger partial charge in [-0.25, -0.2) is 4.98 Å². The third-order valence-corrected chi connectivity index (χ3v) is 6.13. The fourth-order valence-corrected chi connectivity index (χ4v) is 4.19. The molecule has 1 amide bonds. The summed E-state index contributed by atoms with van der Waals surface area (Å²) in [5, 5.41) is 4.29. The summed E-state index contributed by atoms with van der Waals surface area (Å²) in [4.78, 5) is 35.3. The molecule has 10 nitrogen and oxygen atoms in total. The van der Waals surface area contributed by atoms with Crippen molar-refractivity contribution in [1.82, 2.24) is 24.8 Å². The van der Waals surface area contributed by atoms with Gasteiger partial charge in [0.25, 0.3) is 5.56 Å². The summed E-state index contributed by atoms with van der Waals surface area (Å²) >= 11 is 6.57. The van der Waals surface area contributed by atoms with Crippen molar-refractivity contribution in [3.63, 3.8) is 0 Å². The molecule has 0 atom stereocenters. The predicted molar refractivity (Wildman–Crippen MR) is 130 cm³/mol. The van der Waals surface area contributed by atoms with Crippen molar-refractivity contribution in [1.29, 1.82) is 0 Å². The van der Waals surface area contributed by atoms with E-state index < -0.39 is 0 Å². The third kappa shape index (κ3) is 4.42. The topological polar surface area (TPSA) is 125 Å². The van der Waals surface area contributed by atoms with E-state index in [1.165, 1.54) is 20.3 Å². The quantitative estimate of drug-likeness (QED) is 0.463. The van der Waals surface area contributed by atoms with Gasteiger partial charge in [0.05, 0.1) is 19.2 Å². The highest BCUT2D eigenvalue weighted by atomic mass is 35.5. The minimum Gasteiger partial charge on any atom is -0.497 e. The second-order valence-corrected chi connectivity index (χ2v) is 8.19. The normalized spacial score (nSPS) is 13.6. The van der Waals surface area contributed by atoms with Gasteiger partial charge in [0.15, 0.2) is 0 Å². The van der Waals surface area contributed by atoms with Crippen molar-refractivity contribution in [2.75, 3.05) is 39.6 Å². The standard InChI is InChI=1S/C23H25ClN6O4/c1-4-19(31)29-11-14(12-29)26-5-6-30-21-13(10-27-23(25)28-21)7-17(22(30)32)16-8-15(33-2)9-18(34-3)20(16)24/h4,7-10,14,26H,1,5-6,11-12H2,2-3H3,(H2,25,27,28). The van der Waals surface area contributed by atoms with Crippen LogP contribution in [0.3, 0.4) is 0 Å². The zero-order valence-electron chi connectivity index (χ0n) is 18.9. The number of benzene rings is 1. The van der Waals surface area contributed by atoms with Crippen LogP contribution in [0.4, 0.5) is 5.95 Å². The Bertz CT molecular complexity index is 1320. The Morgan fingerprint density at radius 2 is 2.06 bits per heavy atom. The summed E-state index contributed by atoms with van der Waals surface area (Å²) in [7, 11) is 3.02. The minimum atomic E-state index is -0.290. The summed E-state index contributed by atoms with van der Waals surface area (Å²) in [6.07, 6.45) is 2.87. The summed E-state index contributed by atoms with van der Waals surface area (Å²) in [6.45, 7) is 5.49. The number of likely N-dealkylation sites (tertiary alicyclic amines) is 1. The average molecular weight is 485 g/mol. The Labute approximate surface area is 200 Å². The van der Waals surface area contributed by atoms with Gasteiger partial charge in [0.2, 0.25) is 11.9 Å². The van der Waals surface area contributed by atoms with Gasteiger partial charge in [-0.3, -0.25) is 14.2 Å². The van der Waals surface area contributed by atoms with Crippen LogP contribution in [0.25, 0.3) is 22.2 Å². The van der Waals surface area contributed by atoms with E-state index in [0.717, 1.165) is 0 Å². The van der Waals surface area contributed by atoms with Crippen molar-refractivity contribution < 1.29 is 14.3 Å². The van der Waals surface area contributed by atoms with Gasteiger partial charge >= 0.3 is 0 Å². The number of nitrogen functional groups attached to an aromatic ring is 1. The zero-order valence-corrected chi connectivity index (χ0v) is 19.6.